The van der Waals surface area contributed by atoms with Crippen molar-refractivity contribution < 1.29 is 4.79 Å². The molecule has 1 amide bonds. The van der Waals surface area contributed by atoms with Gasteiger partial charge >= 0.3 is 0 Å². The minimum Gasteiger partial charge on any atom is -0.398 e. The molecule has 5 nitrogen and oxygen atoms in total. The number of carbonyl (C=O) groups excluding carboxylic acids is 1. The van der Waals surface area contributed by atoms with E-state index in [2.05, 4.69) is 5.10 Å². The number of nitrogens with zero attached hydrogens (tertiary/aromatic N) is 2. The zero-order valence-corrected chi connectivity index (χ0v) is 10.1. The molecule has 1 aromatic heterocycles. The highest BCUT2D eigenvalue weighted by atomic mass is 16.1. The Balaban J connectivity index is 2.22. The number of aromatic nitrogens is 2. The van der Waals surface area contributed by atoms with Gasteiger partial charge < -0.3 is 11.5 Å². The van der Waals surface area contributed by atoms with Crippen LogP contribution in [0.25, 0.3) is 16.6 Å². The molecule has 0 aliphatic carbocycles. The molecule has 0 bridgehead atoms. The number of hydrogen-bond acceptors (Lipinski definition) is 3. The maximum Gasteiger partial charge on any atom is 0.250 e. The third-order valence-electron chi connectivity index (χ3n) is 3.02. The number of carbonyl (C=O) groups is 1. The number of hydrogen-bond donors (Lipinski definition) is 2. The summed E-state index contributed by atoms with van der Waals surface area (Å²) in [5, 5.41) is 5.35. The second-order valence-corrected chi connectivity index (χ2v) is 4.25. The quantitative estimate of drug-likeness (QED) is 0.680. The van der Waals surface area contributed by atoms with Crippen molar-refractivity contribution in [2.45, 2.75) is 0 Å². The Hall–Kier alpha value is -2.82. The molecule has 5 heteroatoms. The highest BCUT2D eigenvalue weighted by Gasteiger charge is 2.10. The van der Waals surface area contributed by atoms with Gasteiger partial charge in [-0.05, 0) is 24.3 Å². The first-order valence-corrected chi connectivity index (χ1v) is 5.79. The van der Waals surface area contributed by atoms with Gasteiger partial charge in [0.1, 0.15) is 0 Å². The number of primary amides is 1. The molecule has 0 radical (unpaired) electrons. The summed E-state index contributed by atoms with van der Waals surface area (Å²) < 4.78 is 1.75. The van der Waals surface area contributed by atoms with Gasteiger partial charge in [0.15, 0.2) is 0 Å². The predicted octanol–water partition coefficient (Wildman–Crippen LogP) is 1.71. The van der Waals surface area contributed by atoms with Crippen molar-refractivity contribution >= 4 is 22.5 Å². The summed E-state index contributed by atoms with van der Waals surface area (Å²) in [5.41, 5.74) is 13.4. The van der Waals surface area contributed by atoms with E-state index in [1.54, 1.807) is 29.1 Å². The maximum absolute atomic E-state index is 11.3. The summed E-state index contributed by atoms with van der Waals surface area (Å²) in [7, 11) is 0. The number of nitrogens with two attached hydrogens (primary N) is 2. The van der Waals surface area contributed by atoms with Crippen molar-refractivity contribution in [2.24, 2.45) is 5.73 Å². The lowest BCUT2D eigenvalue weighted by molar-refractivity contribution is 0.100. The van der Waals surface area contributed by atoms with Crippen LogP contribution in [0.1, 0.15) is 10.4 Å². The molecule has 0 spiro atoms. The van der Waals surface area contributed by atoms with Gasteiger partial charge in [-0.2, -0.15) is 5.10 Å². The molecule has 94 valence electrons. The average molecular weight is 252 g/mol. The highest BCUT2D eigenvalue weighted by molar-refractivity contribution is 5.98. The predicted molar refractivity (Wildman–Crippen MR) is 74.0 cm³/mol. The molecule has 0 atom stereocenters. The van der Waals surface area contributed by atoms with E-state index in [0.29, 0.717) is 11.3 Å². The molecule has 0 aliphatic rings. The third kappa shape index (κ3) is 1.81. The van der Waals surface area contributed by atoms with E-state index in [-0.39, 0.29) is 0 Å². The second-order valence-electron chi connectivity index (χ2n) is 4.25. The van der Waals surface area contributed by atoms with Gasteiger partial charge in [0, 0.05) is 11.1 Å². The highest BCUT2D eigenvalue weighted by Crippen LogP contribution is 2.21. The molecule has 0 saturated carbocycles. The van der Waals surface area contributed by atoms with Crippen molar-refractivity contribution in [1.82, 2.24) is 9.78 Å². The van der Waals surface area contributed by atoms with Crippen molar-refractivity contribution in [3.63, 3.8) is 0 Å². The summed E-state index contributed by atoms with van der Waals surface area (Å²) in [6.45, 7) is 0. The number of nitrogen functional groups attached to an aromatic ring is 1. The first kappa shape index (κ1) is 11.3. The van der Waals surface area contributed by atoms with E-state index >= 15 is 0 Å². The molecule has 3 rings (SSSR count). The molecule has 1 heterocycles. The van der Waals surface area contributed by atoms with Crippen LogP contribution in [0, 0.1) is 0 Å². The van der Waals surface area contributed by atoms with Crippen molar-refractivity contribution in [2.75, 3.05) is 5.73 Å². The summed E-state index contributed by atoms with van der Waals surface area (Å²) in [6, 6.07) is 12.9. The fourth-order valence-corrected chi connectivity index (χ4v) is 2.07. The van der Waals surface area contributed by atoms with Gasteiger partial charge in [-0.15, -0.1) is 0 Å². The average Bonchev–Trinajstić information content (AvgIpc) is 2.83. The first-order valence-electron chi connectivity index (χ1n) is 5.79. The molecule has 0 unspecified atom stereocenters. The minimum atomic E-state index is -0.546. The smallest absolute Gasteiger partial charge is 0.250 e. The van der Waals surface area contributed by atoms with E-state index in [9.17, 15) is 4.79 Å². The van der Waals surface area contributed by atoms with Gasteiger partial charge in [0.05, 0.1) is 23.0 Å². The number of amides is 1. The molecule has 0 fully saturated rings. The summed E-state index contributed by atoms with van der Waals surface area (Å²) >= 11 is 0. The van der Waals surface area contributed by atoms with Crippen molar-refractivity contribution in [1.29, 1.82) is 0 Å². The lowest BCUT2D eigenvalue weighted by atomic mass is 10.1. The van der Waals surface area contributed by atoms with Crippen LogP contribution in [-0.2, 0) is 0 Å². The Kier molecular flexibility index (Phi) is 2.45. The zero-order valence-electron chi connectivity index (χ0n) is 10.1. The van der Waals surface area contributed by atoms with Crippen LogP contribution in [0.4, 0.5) is 5.69 Å². The summed E-state index contributed by atoms with van der Waals surface area (Å²) in [4.78, 5) is 11.3. The number of benzene rings is 2. The van der Waals surface area contributed by atoms with E-state index in [4.69, 9.17) is 11.5 Å². The number of anilines is 1. The monoisotopic (exact) mass is 252 g/mol. The Morgan fingerprint density at radius 2 is 1.95 bits per heavy atom. The SMILES string of the molecule is NC(=O)c1cc(-n2ncc3ccccc32)ccc1N. The zero-order chi connectivity index (χ0) is 13.4. The van der Waals surface area contributed by atoms with E-state index < -0.39 is 5.91 Å². The lowest BCUT2D eigenvalue weighted by Crippen LogP contribution is -2.14. The van der Waals surface area contributed by atoms with Crippen LogP contribution in [0.3, 0.4) is 0 Å². The summed E-state index contributed by atoms with van der Waals surface area (Å²) in [6.07, 6.45) is 1.77. The largest absolute Gasteiger partial charge is 0.398 e. The fourth-order valence-electron chi connectivity index (χ4n) is 2.07. The van der Waals surface area contributed by atoms with Crippen LogP contribution >= 0.6 is 0 Å². The molecule has 0 aliphatic heterocycles. The molecule has 4 N–H and O–H groups in total. The van der Waals surface area contributed by atoms with Crippen molar-refractivity contribution in [3.05, 3.63) is 54.2 Å². The lowest BCUT2D eigenvalue weighted by Gasteiger charge is -2.07. The van der Waals surface area contributed by atoms with Crippen LogP contribution in [-0.4, -0.2) is 15.7 Å². The Bertz CT molecular complexity index is 776. The molecular weight excluding hydrogens is 240 g/mol. The standard InChI is InChI=1S/C14H12N4O/c15-12-6-5-10(7-11(12)14(16)19)18-13-4-2-1-3-9(13)8-17-18/h1-8H,15H2,(H2,16,19). The van der Waals surface area contributed by atoms with Crippen LogP contribution in [0.2, 0.25) is 0 Å². The van der Waals surface area contributed by atoms with E-state index in [1.807, 2.05) is 24.3 Å². The second kappa shape index (κ2) is 4.13. The topological polar surface area (TPSA) is 86.9 Å². The molecule has 2 aromatic carbocycles. The van der Waals surface area contributed by atoms with E-state index in [0.717, 1.165) is 16.6 Å². The fraction of sp³-hybridized carbons (Fsp3) is 0. The number of fused-ring (bicyclic) bond motifs is 1. The molecule has 3 aromatic rings. The first-order chi connectivity index (χ1) is 9.16. The number of rotatable bonds is 2. The molecule has 0 saturated heterocycles. The molecular formula is C14H12N4O. The normalized spacial score (nSPS) is 10.7. The van der Waals surface area contributed by atoms with Gasteiger partial charge in [-0.3, -0.25) is 4.79 Å². The van der Waals surface area contributed by atoms with Gasteiger partial charge in [-0.25, -0.2) is 4.68 Å². The minimum absolute atomic E-state index is 0.303. The Morgan fingerprint density at radius 3 is 2.74 bits per heavy atom. The Morgan fingerprint density at radius 1 is 1.16 bits per heavy atom. The Labute approximate surface area is 109 Å². The van der Waals surface area contributed by atoms with Gasteiger partial charge in [-0.1, -0.05) is 18.2 Å². The van der Waals surface area contributed by atoms with Crippen LogP contribution in [0.5, 0.6) is 0 Å². The van der Waals surface area contributed by atoms with Crippen LogP contribution in [0.15, 0.2) is 48.7 Å². The van der Waals surface area contributed by atoms with Gasteiger partial charge in [0.2, 0.25) is 0 Å². The number of para-hydroxylation sites is 1. The van der Waals surface area contributed by atoms with Crippen LogP contribution < -0.4 is 11.5 Å². The summed E-state index contributed by atoms with van der Waals surface area (Å²) in [5.74, 6) is -0.546. The van der Waals surface area contributed by atoms with E-state index in [1.165, 1.54) is 0 Å². The molecule has 19 heavy (non-hydrogen) atoms. The third-order valence-corrected chi connectivity index (χ3v) is 3.02. The van der Waals surface area contributed by atoms with Crippen molar-refractivity contribution in [3.8, 4) is 5.69 Å². The maximum atomic E-state index is 11.3. The van der Waals surface area contributed by atoms with Gasteiger partial charge in [0.25, 0.3) is 5.91 Å².